The van der Waals surface area contributed by atoms with Gasteiger partial charge in [0.2, 0.25) is 5.91 Å². The van der Waals surface area contributed by atoms with Gasteiger partial charge in [-0.2, -0.15) is 5.10 Å². The van der Waals surface area contributed by atoms with Crippen LogP contribution in [0.1, 0.15) is 13.3 Å². The number of hydrogen-bond donors (Lipinski definition) is 1. The lowest BCUT2D eigenvalue weighted by molar-refractivity contribution is -0.148. The lowest BCUT2D eigenvalue weighted by Crippen LogP contribution is -2.40. The minimum Gasteiger partial charge on any atom is -0.480 e. The van der Waals surface area contributed by atoms with E-state index in [4.69, 9.17) is 16.7 Å². The van der Waals surface area contributed by atoms with Gasteiger partial charge in [-0.25, -0.2) is 4.79 Å². The number of carbonyl (C=O) groups is 2. The first-order valence-corrected chi connectivity index (χ1v) is 5.46. The molecule has 1 atom stereocenters. The number of carboxylic acids is 1. The summed E-state index contributed by atoms with van der Waals surface area (Å²) in [4.78, 5) is 23.6. The zero-order valence-electron chi connectivity index (χ0n) is 9.63. The first kappa shape index (κ1) is 13.5. The van der Waals surface area contributed by atoms with Crippen LogP contribution in [0.4, 0.5) is 0 Å². The van der Waals surface area contributed by atoms with Crippen LogP contribution in [-0.4, -0.2) is 44.8 Å². The molecule has 17 heavy (non-hydrogen) atoms. The van der Waals surface area contributed by atoms with Gasteiger partial charge in [-0.1, -0.05) is 11.6 Å². The van der Waals surface area contributed by atoms with Crippen LogP contribution in [0.25, 0.3) is 0 Å². The fraction of sp³-hybridized carbons (Fsp3) is 0.500. The highest BCUT2D eigenvalue weighted by Crippen LogP contribution is 2.06. The summed E-state index contributed by atoms with van der Waals surface area (Å²) in [6.07, 6.45) is 3.28. The van der Waals surface area contributed by atoms with E-state index < -0.39 is 12.0 Å². The predicted molar refractivity (Wildman–Crippen MR) is 61.7 cm³/mol. The molecule has 0 saturated heterocycles. The fourth-order valence-electron chi connectivity index (χ4n) is 1.23. The van der Waals surface area contributed by atoms with Crippen LogP contribution in [0.15, 0.2) is 12.4 Å². The summed E-state index contributed by atoms with van der Waals surface area (Å²) >= 11 is 5.67. The Labute approximate surface area is 104 Å². The highest BCUT2D eigenvalue weighted by atomic mass is 35.5. The van der Waals surface area contributed by atoms with Gasteiger partial charge in [-0.15, -0.1) is 0 Å². The van der Waals surface area contributed by atoms with Crippen LogP contribution in [0.5, 0.6) is 0 Å². The molecule has 1 heterocycles. The molecule has 1 aromatic rings. The van der Waals surface area contributed by atoms with Crippen molar-refractivity contribution in [1.82, 2.24) is 14.7 Å². The molecule has 1 N–H and O–H groups in total. The summed E-state index contributed by atoms with van der Waals surface area (Å²) in [7, 11) is 1.47. The van der Waals surface area contributed by atoms with Crippen molar-refractivity contribution in [3.8, 4) is 0 Å². The summed E-state index contributed by atoms with van der Waals surface area (Å²) in [5, 5.41) is 13.2. The molecule has 0 aliphatic heterocycles. The van der Waals surface area contributed by atoms with Crippen LogP contribution in [0.3, 0.4) is 0 Å². The minimum absolute atomic E-state index is 0.187. The molecule has 0 spiro atoms. The molecule has 1 amide bonds. The van der Waals surface area contributed by atoms with E-state index >= 15 is 0 Å². The molecule has 0 bridgehead atoms. The molecule has 1 aromatic heterocycles. The largest absolute Gasteiger partial charge is 0.480 e. The zero-order valence-corrected chi connectivity index (χ0v) is 10.4. The molecule has 1 unspecified atom stereocenters. The van der Waals surface area contributed by atoms with E-state index in [1.165, 1.54) is 25.1 Å². The Morgan fingerprint density at radius 2 is 2.29 bits per heavy atom. The van der Waals surface area contributed by atoms with E-state index in [9.17, 15) is 9.59 Å². The minimum atomic E-state index is -1.03. The number of aromatic nitrogens is 2. The van der Waals surface area contributed by atoms with Gasteiger partial charge < -0.3 is 10.0 Å². The Morgan fingerprint density at radius 1 is 1.65 bits per heavy atom. The van der Waals surface area contributed by atoms with Gasteiger partial charge in [-0.05, 0) is 6.92 Å². The monoisotopic (exact) mass is 259 g/mol. The van der Waals surface area contributed by atoms with Gasteiger partial charge in [-0.3, -0.25) is 9.48 Å². The number of rotatable bonds is 5. The van der Waals surface area contributed by atoms with Gasteiger partial charge in [0.15, 0.2) is 0 Å². The molecular formula is C10H14ClN3O3. The van der Waals surface area contributed by atoms with E-state index in [1.54, 1.807) is 10.9 Å². The second-order valence-electron chi connectivity index (χ2n) is 3.69. The highest BCUT2D eigenvalue weighted by Gasteiger charge is 2.21. The maximum Gasteiger partial charge on any atom is 0.326 e. The van der Waals surface area contributed by atoms with Crippen molar-refractivity contribution in [1.29, 1.82) is 0 Å². The first-order chi connectivity index (χ1) is 7.91. The molecule has 0 aliphatic rings. The Balaban J connectivity index is 2.47. The number of likely N-dealkylation sites (N-methyl/N-ethyl adjacent to an activating group) is 1. The number of hydrogen-bond acceptors (Lipinski definition) is 3. The van der Waals surface area contributed by atoms with Crippen LogP contribution in [-0.2, 0) is 16.1 Å². The van der Waals surface area contributed by atoms with E-state index in [0.29, 0.717) is 11.6 Å². The van der Waals surface area contributed by atoms with E-state index in [0.717, 1.165) is 0 Å². The molecular weight excluding hydrogens is 246 g/mol. The van der Waals surface area contributed by atoms with Gasteiger partial charge in [0.1, 0.15) is 6.04 Å². The van der Waals surface area contributed by atoms with Crippen LogP contribution < -0.4 is 0 Å². The third-order valence-corrected chi connectivity index (χ3v) is 2.68. The maximum absolute atomic E-state index is 11.7. The smallest absolute Gasteiger partial charge is 0.326 e. The fourth-order valence-corrected chi connectivity index (χ4v) is 1.39. The van der Waals surface area contributed by atoms with Crippen molar-refractivity contribution in [2.24, 2.45) is 0 Å². The third kappa shape index (κ3) is 3.74. The summed E-state index contributed by atoms with van der Waals surface area (Å²) in [6.45, 7) is 1.84. The second kappa shape index (κ2) is 5.67. The van der Waals surface area contributed by atoms with E-state index in [-0.39, 0.29) is 12.3 Å². The lowest BCUT2D eigenvalue weighted by Gasteiger charge is -2.21. The molecule has 0 fully saturated rings. The third-order valence-electron chi connectivity index (χ3n) is 2.49. The standard InChI is InChI=1S/C10H14ClN3O3/c1-7(10(16)17)13(2)9(15)3-4-14-6-8(11)5-12-14/h5-7H,3-4H2,1-2H3,(H,16,17). The zero-order chi connectivity index (χ0) is 13.0. The maximum atomic E-state index is 11.7. The van der Waals surface area contributed by atoms with Gasteiger partial charge in [0.05, 0.1) is 11.2 Å². The first-order valence-electron chi connectivity index (χ1n) is 5.08. The van der Waals surface area contributed by atoms with Gasteiger partial charge in [0.25, 0.3) is 0 Å². The number of amides is 1. The molecule has 94 valence electrons. The Morgan fingerprint density at radius 3 is 2.76 bits per heavy atom. The molecule has 0 aromatic carbocycles. The van der Waals surface area contributed by atoms with E-state index in [2.05, 4.69) is 5.10 Å². The number of nitrogens with zero attached hydrogens (tertiary/aromatic N) is 3. The summed E-state index contributed by atoms with van der Waals surface area (Å²) in [5.41, 5.74) is 0. The van der Waals surface area contributed by atoms with Crippen molar-refractivity contribution < 1.29 is 14.7 Å². The van der Waals surface area contributed by atoms with Crippen molar-refractivity contribution in [3.63, 3.8) is 0 Å². The molecule has 0 saturated carbocycles. The van der Waals surface area contributed by atoms with E-state index in [1.807, 2.05) is 0 Å². The average Bonchev–Trinajstić information content (AvgIpc) is 2.69. The molecule has 0 aliphatic carbocycles. The van der Waals surface area contributed by atoms with Crippen molar-refractivity contribution in [2.75, 3.05) is 7.05 Å². The second-order valence-corrected chi connectivity index (χ2v) is 4.13. The normalized spacial score (nSPS) is 12.2. The number of halogens is 1. The summed E-state index contributed by atoms with van der Waals surface area (Å²) < 4.78 is 1.54. The number of aliphatic carboxylic acids is 1. The summed E-state index contributed by atoms with van der Waals surface area (Å²) in [6, 6.07) is -0.830. The van der Waals surface area contributed by atoms with Crippen molar-refractivity contribution in [2.45, 2.75) is 25.9 Å². The summed E-state index contributed by atoms with van der Waals surface area (Å²) in [5.74, 6) is -1.27. The van der Waals surface area contributed by atoms with Crippen LogP contribution in [0.2, 0.25) is 5.02 Å². The highest BCUT2D eigenvalue weighted by molar-refractivity contribution is 6.30. The van der Waals surface area contributed by atoms with Crippen LogP contribution >= 0.6 is 11.6 Å². The molecule has 7 heteroatoms. The predicted octanol–water partition coefficient (Wildman–Crippen LogP) is 0.858. The quantitative estimate of drug-likeness (QED) is 0.851. The Bertz CT molecular complexity index is 419. The number of aryl methyl sites for hydroxylation is 1. The Kier molecular flexibility index (Phi) is 4.51. The molecule has 1 rings (SSSR count). The Hall–Kier alpha value is -1.56. The number of carboxylic acid groups (broad SMARTS) is 1. The van der Waals surface area contributed by atoms with Crippen molar-refractivity contribution >= 4 is 23.5 Å². The SMILES string of the molecule is CC(C(=O)O)N(C)C(=O)CCn1cc(Cl)cn1. The average molecular weight is 260 g/mol. The van der Waals surface area contributed by atoms with Crippen molar-refractivity contribution in [3.05, 3.63) is 17.4 Å². The molecule has 6 nitrogen and oxygen atoms in total. The van der Waals surface area contributed by atoms with Crippen LogP contribution in [0, 0.1) is 0 Å². The van der Waals surface area contributed by atoms with Gasteiger partial charge >= 0.3 is 5.97 Å². The van der Waals surface area contributed by atoms with Gasteiger partial charge in [0, 0.05) is 26.2 Å². The lowest BCUT2D eigenvalue weighted by atomic mass is 10.2. The number of carbonyl (C=O) groups excluding carboxylic acids is 1. The molecule has 0 radical (unpaired) electrons. The topological polar surface area (TPSA) is 75.4 Å².